The fraction of sp³-hybridized carbons (Fsp3) is 0.533. The van der Waals surface area contributed by atoms with E-state index in [-0.39, 0.29) is 11.5 Å². The molecule has 0 aliphatic heterocycles. The summed E-state index contributed by atoms with van der Waals surface area (Å²) in [6.07, 6.45) is 5.04. The van der Waals surface area contributed by atoms with Gasteiger partial charge in [-0.1, -0.05) is 37.6 Å². The summed E-state index contributed by atoms with van der Waals surface area (Å²) in [4.78, 5) is 11.6. The van der Waals surface area contributed by atoms with Crippen molar-refractivity contribution in [3.63, 3.8) is 0 Å². The lowest BCUT2D eigenvalue weighted by Gasteiger charge is -2.30. The van der Waals surface area contributed by atoms with Crippen molar-refractivity contribution < 1.29 is 16.8 Å². The van der Waals surface area contributed by atoms with E-state index in [0.29, 0.717) is 17.7 Å². The van der Waals surface area contributed by atoms with Gasteiger partial charge in [0, 0.05) is 11.3 Å². The highest BCUT2D eigenvalue weighted by molar-refractivity contribution is 8.31. The molecule has 0 aliphatic rings. The van der Waals surface area contributed by atoms with E-state index >= 15 is 0 Å². The molecule has 0 radical (unpaired) electrons. The fourth-order valence-corrected chi connectivity index (χ4v) is 6.38. The molecule has 0 fully saturated rings. The van der Waals surface area contributed by atoms with Gasteiger partial charge in [0.15, 0.2) is 5.78 Å². The van der Waals surface area contributed by atoms with E-state index < -0.39 is 20.4 Å². The van der Waals surface area contributed by atoms with Crippen LogP contribution in [0.5, 0.6) is 0 Å². The second-order valence-corrected chi connectivity index (χ2v) is 10.7. The number of hydrogen-bond donors (Lipinski definition) is 0. The van der Waals surface area contributed by atoms with E-state index in [1.807, 2.05) is 31.6 Å². The second-order valence-electron chi connectivity index (χ2n) is 5.48. The number of hydrogen-bond acceptors (Lipinski definition) is 4. The number of carbonyl (C=O) groups is 1. The molecule has 0 bridgehead atoms. The van der Waals surface area contributed by atoms with E-state index in [1.165, 1.54) is 6.92 Å². The monoisotopic (exact) mass is 332 g/mol. The van der Waals surface area contributed by atoms with Crippen molar-refractivity contribution in [2.75, 3.05) is 18.3 Å². The van der Waals surface area contributed by atoms with Crippen molar-refractivity contribution in [3.05, 3.63) is 35.4 Å². The van der Waals surface area contributed by atoms with E-state index in [0.717, 1.165) is 12.0 Å². The van der Waals surface area contributed by atoms with Crippen LogP contribution in [0.3, 0.4) is 0 Å². The molecule has 6 heteroatoms. The van der Waals surface area contributed by atoms with Crippen molar-refractivity contribution in [2.24, 2.45) is 0 Å². The molecule has 1 rings (SSSR count). The lowest BCUT2D eigenvalue weighted by atomic mass is 10.1. The van der Waals surface area contributed by atoms with Gasteiger partial charge in [-0.3, -0.25) is 4.79 Å². The SMILES string of the molecule is CCCCS(=O)(=O)OS(C)(C)Cc1ccccc1C(C)=O. The fourth-order valence-electron chi connectivity index (χ4n) is 2.02. The molecule has 1 aromatic rings. The molecule has 0 saturated carbocycles. The zero-order chi connectivity index (χ0) is 16.1. The summed E-state index contributed by atoms with van der Waals surface area (Å²) in [6.45, 7) is 3.46. The number of Topliss-reactive ketones (excluding diaryl/α,β-unsaturated/α-hetero) is 1. The third kappa shape index (κ3) is 6.20. The Kier molecular flexibility index (Phi) is 6.43. The molecule has 0 aliphatic carbocycles. The Morgan fingerprint density at radius 1 is 1.19 bits per heavy atom. The zero-order valence-electron chi connectivity index (χ0n) is 13.1. The number of ketones is 1. The minimum atomic E-state index is -3.50. The summed E-state index contributed by atoms with van der Waals surface area (Å²) in [6, 6.07) is 7.27. The van der Waals surface area contributed by atoms with Gasteiger partial charge in [-0.05, 0) is 31.4 Å². The Hall–Kier alpha value is -0.850. The molecular formula is C15H24O4S2. The number of unbranched alkanes of at least 4 members (excludes halogenated alkanes) is 1. The molecule has 0 N–H and O–H groups in total. The van der Waals surface area contributed by atoms with Gasteiger partial charge in [0.05, 0.1) is 5.75 Å². The van der Waals surface area contributed by atoms with Crippen LogP contribution in [0, 0.1) is 0 Å². The molecule has 0 unspecified atom stereocenters. The van der Waals surface area contributed by atoms with Gasteiger partial charge in [0.25, 0.3) is 10.1 Å². The van der Waals surface area contributed by atoms with Crippen LogP contribution < -0.4 is 0 Å². The van der Waals surface area contributed by atoms with Gasteiger partial charge in [-0.25, -0.2) is 3.63 Å². The Balaban J connectivity index is 2.88. The van der Waals surface area contributed by atoms with Crippen LogP contribution in [0.25, 0.3) is 0 Å². The quantitative estimate of drug-likeness (QED) is 0.683. The molecule has 1 aromatic carbocycles. The Morgan fingerprint density at radius 3 is 2.38 bits per heavy atom. The summed E-state index contributed by atoms with van der Waals surface area (Å²) in [5.41, 5.74) is 1.48. The predicted octanol–water partition coefficient (Wildman–Crippen LogP) is 3.51. The summed E-state index contributed by atoms with van der Waals surface area (Å²) in [5.74, 6) is 0.484. The van der Waals surface area contributed by atoms with Gasteiger partial charge >= 0.3 is 0 Å². The molecule has 0 atom stereocenters. The topological polar surface area (TPSA) is 60.4 Å². The number of benzene rings is 1. The number of rotatable bonds is 8. The smallest absolute Gasteiger partial charge is 0.276 e. The van der Waals surface area contributed by atoms with Crippen LogP contribution in [-0.2, 0) is 19.5 Å². The van der Waals surface area contributed by atoms with Crippen LogP contribution in [0.2, 0.25) is 0 Å². The molecular weight excluding hydrogens is 308 g/mol. The van der Waals surface area contributed by atoms with Crippen molar-refractivity contribution in [1.29, 1.82) is 0 Å². The normalized spacial score (nSPS) is 13.1. The first kappa shape index (κ1) is 18.2. The van der Waals surface area contributed by atoms with E-state index in [9.17, 15) is 13.2 Å². The minimum absolute atomic E-state index is 0.0189. The maximum atomic E-state index is 11.9. The maximum Gasteiger partial charge on any atom is 0.276 e. The van der Waals surface area contributed by atoms with Gasteiger partial charge in [0.1, 0.15) is 0 Å². The molecule has 0 saturated heterocycles. The van der Waals surface area contributed by atoms with Gasteiger partial charge in [-0.2, -0.15) is 8.42 Å². The first-order chi connectivity index (χ1) is 9.67. The van der Waals surface area contributed by atoms with Crippen LogP contribution in [0.4, 0.5) is 0 Å². The minimum Gasteiger partial charge on any atom is -0.295 e. The lowest BCUT2D eigenvalue weighted by molar-refractivity contribution is 0.101. The maximum absolute atomic E-state index is 11.9. The van der Waals surface area contributed by atoms with Crippen LogP contribution in [0.1, 0.15) is 42.6 Å². The highest BCUT2D eigenvalue weighted by Crippen LogP contribution is 2.47. The number of carbonyl (C=O) groups excluding carboxylic acids is 1. The summed E-state index contributed by atoms with van der Waals surface area (Å²) < 4.78 is 29.3. The third-order valence-electron chi connectivity index (χ3n) is 2.94. The molecule has 120 valence electrons. The Bertz CT molecular complexity index is 591. The Labute approximate surface area is 129 Å². The molecule has 0 heterocycles. The first-order valence-corrected chi connectivity index (χ1v) is 11.0. The lowest BCUT2D eigenvalue weighted by Crippen LogP contribution is -2.15. The zero-order valence-corrected chi connectivity index (χ0v) is 14.7. The van der Waals surface area contributed by atoms with E-state index in [4.69, 9.17) is 3.63 Å². The van der Waals surface area contributed by atoms with Gasteiger partial charge in [0.2, 0.25) is 0 Å². The second kappa shape index (κ2) is 7.42. The largest absolute Gasteiger partial charge is 0.295 e. The Morgan fingerprint density at radius 2 is 1.81 bits per heavy atom. The molecule has 4 nitrogen and oxygen atoms in total. The van der Waals surface area contributed by atoms with Crippen LogP contribution in [0.15, 0.2) is 24.3 Å². The standard InChI is InChI=1S/C15H24O4S2/c1-5-6-11-21(17,18)19-20(3,4)12-14-9-7-8-10-15(14)13(2)16/h7-10H,5-6,11-12H2,1-4H3. The molecule has 0 aromatic heterocycles. The van der Waals surface area contributed by atoms with Gasteiger partial charge in [-0.15, -0.1) is 10.3 Å². The average molecular weight is 332 g/mol. The first-order valence-electron chi connectivity index (χ1n) is 6.90. The third-order valence-corrected chi connectivity index (χ3v) is 7.03. The van der Waals surface area contributed by atoms with Crippen molar-refractivity contribution in [3.8, 4) is 0 Å². The highest BCUT2D eigenvalue weighted by Gasteiger charge is 2.24. The van der Waals surface area contributed by atoms with Crippen LogP contribution >= 0.6 is 10.3 Å². The van der Waals surface area contributed by atoms with Gasteiger partial charge < -0.3 is 0 Å². The molecule has 0 spiro atoms. The summed E-state index contributed by atoms with van der Waals surface area (Å²) in [5, 5.41) is 0. The molecule has 21 heavy (non-hydrogen) atoms. The molecule has 0 amide bonds. The van der Waals surface area contributed by atoms with E-state index in [1.54, 1.807) is 12.1 Å². The van der Waals surface area contributed by atoms with Crippen molar-refractivity contribution in [2.45, 2.75) is 32.4 Å². The summed E-state index contributed by atoms with van der Waals surface area (Å²) >= 11 is 0. The highest BCUT2D eigenvalue weighted by atomic mass is 32.3. The van der Waals surface area contributed by atoms with E-state index in [2.05, 4.69) is 0 Å². The summed E-state index contributed by atoms with van der Waals surface area (Å²) in [7, 11) is -5.32. The average Bonchev–Trinajstić information content (AvgIpc) is 2.35. The van der Waals surface area contributed by atoms with Crippen molar-refractivity contribution in [1.82, 2.24) is 0 Å². The predicted molar refractivity (Wildman–Crippen MR) is 89.4 cm³/mol. The van der Waals surface area contributed by atoms with Crippen LogP contribution in [-0.4, -0.2) is 32.5 Å². The van der Waals surface area contributed by atoms with Crippen molar-refractivity contribution >= 4 is 26.2 Å².